The second-order valence-corrected chi connectivity index (χ2v) is 7.53. The van der Waals surface area contributed by atoms with E-state index in [2.05, 4.69) is 20.8 Å². The topological polar surface area (TPSA) is 58.9 Å². The van der Waals surface area contributed by atoms with Crippen LogP contribution in [0.4, 0.5) is 0 Å². The minimum Gasteiger partial charge on any atom is -0.491 e. The highest BCUT2D eigenvalue weighted by Gasteiger charge is 2.17. The molecule has 2 aromatic carbocycles. The lowest BCUT2D eigenvalue weighted by Gasteiger charge is -2.22. The normalized spacial score (nSPS) is 14.4. The molecule has 0 aliphatic carbocycles. The van der Waals surface area contributed by atoms with Gasteiger partial charge in [-0.3, -0.25) is 0 Å². The van der Waals surface area contributed by atoms with Crippen LogP contribution in [0.3, 0.4) is 0 Å². The van der Waals surface area contributed by atoms with E-state index in [1.807, 2.05) is 36.4 Å². The molecule has 0 aliphatic rings. The maximum Gasteiger partial charge on any atom is 0.127 e. The predicted molar refractivity (Wildman–Crippen MR) is 96.7 cm³/mol. The van der Waals surface area contributed by atoms with Crippen LogP contribution in [-0.4, -0.2) is 35.6 Å². The first-order valence-corrected chi connectivity index (χ1v) is 8.39. The van der Waals surface area contributed by atoms with Gasteiger partial charge in [0.2, 0.25) is 0 Å². The lowest BCUT2D eigenvalue weighted by molar-refractivity contribution is 0.0716. The molecule has 2 N–H and O–H groups in total. The zero-order valence-electron chi connectivity index (χ0n) is 15.0. The third-order valence-electron chi connectivity index (χ3n) is 3.58. The molecule has 0 bridgehead atoms. The molecular weight excluding hydrogens is 304 g/mol. The van der Waals surface area contributed by atoms with Gasteiger partial charge in [0.15, 0.2) is 0 Å². The van der Waals surface area contributed by atoms with Crippen molar-refractivity contribution in [3.05, 3.63) is 36.4 Å². The fourth-order valence-corrected chi connectivity index (χ4v) is 2.62. The number of aliphatic hydroxyl groups excluding tert-OH is 2. The SMILES string of the molecule is CC(O)COc1ccc2c(OCC(O)CC(C)(C)C)cccc2c1. The highest BCUT2D eigenvalue weighted by molar-refractivity contribution is 5.89. The number of ether oxygens (including phenoxy) is 2. The Bertz CT molecular complexity index is 658. The maximum absolute atomic E-state index is 10.1. The molecule has 4 nitrogen and oxygen atoms in total. The van der Waals surface area contributed by atoms with Gasteiger partial charge in [-0.25, -0.2) is 0 Å². The summed E-state index contributed by atoms with van der Waals surface area (Å²) in [5.74, 6) is 1.47. The molecule has 2 rings (SSSR count). The Balaban J connectivity index is 2.08. The van der Waals surface area contributed by atoms with Gasteiger partial charge >= 0.3 is 0 Å². The molecule has 4 heteroatoms. The van der Waals surface area contributed by atoms with Gasteiger partial charge in [0.1, 0.15) is 24.7 Å². The van der Waals surface area contributed by atoms with E-state index in [0.29, 0.717) is 12.2 Å². The second kappa shape index (κ2) is 7.86. The van der Waals surface area contributed by atoms with Crippen LogP contribution in [0.15, 0.2) is 36.4 Å². The monoisotopic (exact) mass is 332 g/mol. The van der Waals surface area contributed by atoms with Crippen molar-refractivity contribution in [2.24, 2.45) is 5.41 Å². The largest absolute Gasteiger partial charge is 0.491 e. The summed E-state index contributed by atoms with van der Waals surface area (Å²) >= 11 is 0. The van der Waals surface area contributed by atoms with Crippen LogP contribution in [0, 0.1) is 5.41 Å². The average molecular weight is 332 g/mol. The molecule has 0 saturated heterocycles. The van der Waals surface area contributed by atoms with Crippen LogP contribution in [-0.2, 0) is 0 Å². The number of hydrogen-bond acceptors (Lipinski definition) is 4. The van der Waals surface area contributed by atoms with Gasteiger partial charge in [-0.05, 0) is 48.4 Å². The predicted octanol–water partition coefficient (Wildman–Crippen LogP) is 3.78. The van der Waals surface area contributed by atoms with Crippen molar-refractivity contribution < 1.29 is 19.7 Å². The smallest absolute Gasteiger partial charge is 0.127 e. The maximum atomic E-state index is 10.1. The molecule has 0 heterocycles. The van der Waals surface area contributed by atoms with Crippen LogP contribution >= 0.6 is 0 Å². The molecule has 2 aromatic rings. The van der Waals surface area contributed by atoms with Gasteiger partial charge in [0, 0.05) is 5.39 Å². The van der Waals surface area contributed by atoms with E-state index in [0.717, 1.165) is 16.5 Å². The molecule has 0 aliphatic heterocycles. The van der Waals surface area contributed by atoms with Gasteiger partial charge < -0.3 is 19.7 Å². The van der Waals surface area contributed by atoms with Crippen molar-refractivity contribution in [2.75, 3.05) is 13.2 Å². The summed E-state index contributed by atoms with van der Waals surface area (Å²) < 4.78 is 11.4. The van der Waals surface area contributed by atoms with Gasteiger partial charge in [-0.2, -0.15) is 0 Å². The molecule has 2 atom stereocenters. The fourth-order valence-electron chi connectivity index (χ4n) is 2.62. The third kappa shape index (κ3) is 5.69. The van der Waals surface area contributed by atoms with E-state index < -0.39 is 12.2 Å². The summed E-state index contributed by atoms with van der Waals surface area (Å²) in [6.45, 7) is 8.53. The standard InChI is InChI=1S/C20H28O4/c1-14(21)12-23-17-8-9-18-15(10-17)6-5-7-19(18)24-13-16(22)11-20(2,3)4/h5-10,14,16,21-22H,11-13H2,1-4H3. The van der Waals surface area contributed by atoms with Gasteiger partial charge in [0.25, 0.3) is 0 Å². The highest BCUT2D eigenvalue weighted by Crippen LogP contribution is 2.29. The molecule has 0 saturated carbocycles. The summed E-state index contributed by atoms with van der Waals surface area (Å²) in [7, 11) is 0. The van der Waals surface area contributed by atoms with Crippen molar-refractivity contribution in [3.8, 4) is 11.5 Å². The van der Waals surface area contributed by atoms with Gasteiger partial charge in [0.05, 0.1) is 12.2 Å². The quantitative estimate of drug-likeness (QED) is 0.810. The van der Waals surface area contributed by atoms with E-state index in [4.69, 9.17) is 9.47 Å². The van der Waals surface area contributed by atoms with Crippen molar-refractivity contribution in [1.29, 1.82) is 0 Å². The molecule has 2 unspecified atom stereocenters. The van der Waals surface area contributed by atoms with Crippen molar-refractivity contribution in [1.82, 2.24) is 0 Å². The average Bonchev–Trinajstić information content (AvgIpc) is 2.48. The molecule has 0 fully saturated rings. The number of aliphatic hydroxyl groups is 2. The Morgan fingerprint density at radius 2 is 1.75 bits per heavy atom. The van der Waals surface area contributed by atoms with E-state index in [1.54, 1.807) is 6.92 Å². The van der Waals surface area contributed by atoms with E-state index in [1.165, 1.54) is 0 Å². The first-order chi connectivity index (χ1) is 11.2. The van der Waals surface area contributed by atoms with E-state index >= 15 is 0 Å². The Hall–Kier alpha value is -1.78. The Labute approximate surface area is 144 Å². The van der Waals surface area contributed by atoms with Crippen molar-refractivity contribution in [3.63, 3.8) is 0 Å². The minimum atomic E-state index is -0.500. The molecule has 0 spiro atoms. The van der Waals surface area contributed by atoms with Crippen molar-refractivity contribution in [2.45, 2.75) is 46.3 Å². The fraction of sp³-hybridized carbons (Fsp3) is 0.500. The molecule has 0 amide bonds. The van der Waals surface area contributed by atoms with Gasteiger partial charge in [-0.1, -0.05) is 32.9 Å². The second-order valence-electron chi connectivity index (χ2n) is 7.53. The van der Waals surface area contributed by atoms with E-state index in [-0.39, 0.29) is 18.6 Å². The van der Waals surface area contributed by atoms with Crippen LogP contribution in [0.5, 0.6) is 11.5 Å². The van der Waals surface area contributed by atoms with Crippen LogP contribution in [0.2, 0.25) is 0 Å². The summed E-state index contributed by atoms with van der Waals surface area (Å²) in [6.07, 6.45) is -0.302. The number of benzene rings is 2. The van der Waals surface area contributed by atoms with Crippen molar-refractivity contribution >= 4 is 10.8 Å². The minimum absolute atomic E-state index is 0.0671. The Morgan fingerprint density at radius 1 is 1.00 bits per heavy atom. The van der Waals surface area contributed by atoms with Gasteiger partial charge in [-0.15, -0.1) is 0 Å². The first-order valence-electron chi connectivity index (χ1n) is 8.39. The number of rotatable bonds is 7. The Kier molecular flexibility index (Phi) is 6.08. The number of hydrogen-bond donors (Lipinski definition) is 2. The van der Waals surface area contributed by atoms with Crippen LogP contribution in [0.25, 0.3) is 10.8 Å². The lowest BCUT2D eigenvalue weighted by atomic mass is 9.89. The molecule has 132 valence electrons. The van der Waals surface area contributed by atoms with E-state index in [9.17, 15) is 10.2 Å². The lowest BCUT2D eigenvalue weighted by Crippen LogP contribution is -2.23. The third-order valence-corrected chi connectivity index (χ3v) is 3.58. The zero-order chi connectivity index (χ0) is 17.7. The summed E-state index contributed by atoms with van der Waals surface area (Å²) in [4.78, 5) is 0. The molecule has 0 aromatic heterocycles. The molecular formula is C20H28O4. The summed E-state index contributed by atoms with van der Waals surface area (Å²) in [5, 5.41) is 21.4. The molecule has 0 radical (unpaired) electrons. The molecule has 24 heavy (non-hydrogen) atoms. The Morgan fingerprint density at radius 3 is 2.42 bits per heavy atom. The zero-order valence-corrected chi connectivity index (χ0v) is 15.0. The summed E-state index contributed by atoms with van der Waals surface area (Å²) in [6, 6.07) is 11.6. The number of fused-ring (bicyclic) bond motifs is 1. The summed E-state index contributed by atoms with van der Waals surface area (Å²) in [5.41, 5.74) is 0.0671. The van der Waals surface area contributed by atoms with Crippen LogP contribution in [0.1, 0.15) is 34.1 Å². The highest BCUT2D eigenvalue weighted by atomic mass is 16.5. The first kappa shape index (κ1) is 18.6. The van der Waals surface area contributed by atoms with Crippen LogP contribution < -0.4 is 9.47 Å².